The van der Waals surface area contributed by atoms with E-state index in [-0.39, 0.29) is 6.54 Å². The van der Waals surface area contributed by atoms with E-state index in [2.05, 4.69) is 10.6 Å². The normalized spacial score (nSPS) is 11.2. The van der Waals surface area contributed by atoms with Crippen molar-refractivity contribution in [3.8, 4) is 0 Å². The second-order valence-electron chi connectivity index (χ2n) is 3.54. The average Bonchev–Trinajstić information content (AvgIpc) is 2.26. The van der Waals surface area contributed by atoms with E-state index in [1.165, 1.54) is 14.1 Å². The SMILES string of the molecule is CNC(=O)CN(C)C(=O)N[C@@H](CC(N)=O)C(=O)O. The maximum atomic E-state index is 11.5. The number of likely N-dealkylation sites (N-methyl/N-ethyl adjacent to an activating group) is 2. The summed E-state index contributed by atoms with van der Waals surface area (Å²) >= 11 is 0. The Morgan fingerprint density at radius 3 is 2.28 bits per heavy atom. The van der Waals surface area contributed by atoms with Crippen LogP contribution in [-0.2, 0) is 14.4 Å². The molecule has 9 heteroatoms. The van der Waals surface area contributed by atoms with Crippen LogP contribution in [0.2, 0.25) is 0 Å². The predicted octanol–water partition coefficient (Wildman–Crippen LogP) is -2.30. The summed E-state index contributed by atoms with van der Waals surface area (Å²) in [6.07, 6.45) is -0.519. The first-order chi connectivity index (χ1) is 8.27. The molecule has 0 bridgehead atoms. The zero-order valence-corrected chi connectivity index (χ0v) is 10.1. The van der Waals surface area contributed by atoms with Gasteiger partial charge >= 0.3 is 12.0 Å². The summed E-state index contributed by atoms with van der Waals surface area (Å²) in [5.74, 6) is -2.64. The van der Waals surface area contributed by atoms with Gasteiger partial charge in [0.05, 0.1) is 6.42 Å². The monoisotopic (exact) mass is 260 g/mol. The molecule has 0 unspecified atom stereocenters. The average molecular weight is 260 g/mol. The van der Waals surface area contributed by atoms with Crippen LogP contribution in [0.1, 0.15) is 6.42 Å². The largest absolute Gasteiger partial charge is 0.480 e. The second-order valence-corrected chi connectivity index (χ2v) is 3.54. The molecule has 0 saturated carbocycles. The number of rotatable bonds is 6. The summed E-state index contributed by atoms with van der Waals surface area (Å²) < 4.78 is 0. The summed E-state index contributed by atoms with van der Waals surface area (Å²) in [5, 5.41) is 13.2. The molecule has 0 spiro atoms. The Bertz CT molecular complexity index is 357. The molecule has 0 aromatic heterocycles. The highest BCUT2D eigenvalue weighted by atomic mass is 16.4. The van der Waals surface area contributed by atoms with Crippen molar-refractivity contribution in [1.29, 1.82) is 0 Å². The minimum absolute atomic E-state index is 0.231. The van der Waals surface area contributed by atoms with E-state index < -0.39 is 36.3 Å². The van der Waals surface area contributed by atoms with Crippen molar-refractivity contribution in [3.05, 3.63) is 0 Å². The predicted molar refractivity (Wildman–Crippen MR) is 60.5 cm³/mol. The molecule has 18 heavy (non-hydrogen) atoms. The van der Waals surface area contributed by atoms with E-state index in [1.807, 2.05) is 0 Å². The maximum Gasteiger partial charge on any atom is 0.326 e. The van der Waals surface area contributed by atoms with Crippen LogP contribution in [-0.4, -0.2) is 60.5 Å². The zero-order valence-electron chi connectivity index (χ0n) is 10.1. The number of carboxylic acids is 1. The van der Waals surface area contributed by atoms with Crippen molar-refractivity contribution in [2.24, 2.45) is 5.73 Å². The number of carbonyl (C=O) groups is 4. The van der Waals surface area contributed by atoms with Gasteiger partial charge in [0.25, 0.3) is 0 Å². The molecule has 102 valence electrons. The molecule has 0 heterocycles. The van der Waals surface area contributed by atoms with Gasteiger partial charge in [-0.3, -0.25) is 9.59 Å². The van der Waals surface area contributed by atoms with E-state index in [0.717, 1.165) is 4.90 Å². The second kappa shape index (κ2) is 7.09. The Kier molecular flexibility index (Phi) is 6.18. The number of hydrogen-bond acceptors (Lipinski definition) is 4. The van der Waals surface area contributed by atoms with Gasteiger partial charge < -0.3 is 26.4 Å². The van der Waals surface area contributed by atoms with Crippen LogP contribution in [0.3, 0.4) is 0 Å². The topological polar surface area (TPSA) is 142 Å². The number of carbonyl (C=O) groups excluding carboxylic acids is 3. The lowest BCUT2D eigenvalue weighted by Crippen LogP contribution is -2.50. The van der Waals surface area contributed by atoms with E-state index in [1.54, 1.807) is 0 Å². The number of urea groups is 1. The van der Waals surface area contributed by atoms with Crippen molar-refractivity contribution in [2.75, 3.05) is 20.6 Å². The standard InChI is InChI=1S/C9H16N4O5/c1-11-7(15)4-13(2)9(18)12-5(8(16)17)3-6(10)14/h5H,3-4H2,1-2H3,(H2,10,14)(H,11,15)(H,12,18)(H,16,17)/t5-/m0/s1. The summed E-state index contributed by atoms with van der Waals surface area (Å²) in [5.41, 5.74) is 4.85. The van der Waals surface area contributed by atoms with Crippen molar-refractivity contribution in [1.82, 2.24) is 15.5 Å². The number of primary amides is 1. The van der Waals surface area contributed by atoms with Gasteiger partial charge in [0.1, 0.15) is 12.6 Å². The quantitative estimate of drug-likeness (QED) is 0.425. The molecule has 0 saturated heterocycles. The number of nitrogens with two attached hydrogens (primary N) is 1. The highest BCUT2D eigenvalue weighted by Gasteiger charge is 2.24. The Labute approximate surface area is 103 Å². The molecule has 1 atom stereocenters. The maximum absolute atomic E-state index is 11.5. The molecular formula is C9H16N4O5. The fourth-order valence-electron chi connectivity index (χ4n) is 1.03. The summed E-state index contributed by atoms with van der Waals surface area (Å²) in [4.78, 5) is 44.9. The number of carboxylic acid groups (broad SMARTS) is 1. The van der Waals surface area contributed by atoms with Crippen LogP contribution in [0, 0.1) is 0 Å². The lowest BCUT2D eigenvalue weighted by molar-refractivity contribution is -0.140. The Balaban J connectivity index is 4.45. The highest BCUT2D eigenvalue weighted by Crippen LogP contribution is 1.94. The number of amides is 4. The van der Waals surface area contributed by atoms with Crippen LogP contribution >= 0.6 is 0 Å². The summed E-state index contributed by atoms with van der Waals surface area (Å²) in [7, 11) is 2.72. The van der Waals surface area contributed by atoms with E-state index in [0.29, 0.717) is 0 Å². The van der Waals surface area contributed by atoms with E-state index in [9.17, 15) is 19.2 Å². The van der Waals surface area contributed by atoms with Crippen LogP contribution in [0.4, 0.5) is 4.79 Å². The summed E-state index contributed by atoms with van der Waals surface area (Å²) in [6.45, 7) is -0.231. The number of aliphatic carboxylic acids is 1. The molecular weight excluding hydrogens is 244 g/mol. The number of hydrogen-bond donors (Lipinski definition) is 4. The molecule has 0 aliphatic heterocycles. The number of nitrogens with one attached hydrogen (secondary N) is 2. The molecule has 4 amide bonds. The first kappa shape index (κ1) is 15.7. The highest BCUT2D eigenvalue weighted by molar-refractivity contribution is 5.89. The fraction of sp³-hybridized carbons (Fsp3) is 0.556. The zero-order chi connectivity index (χ0) is 14.3. The fourth-order valence-corrected chi connectivity index (χ4v) is 1.03. The minimum Gasteiger partial charge on any atom is -0.480 e. The summed E-state index contributed by atoms with van der Waals surface area (Å²) in [6, 6.07) is -2.20. The van der Waals surface area contributed by atoms with Gasteiger partial charge in [-0.25, -0.2) is 9.59 Å². The molecule has 0 aromatic carbocycles. The van der Waals surface area contributed by atoms with Crippen molar-refractivity contribution in [3.63, 3.8) is 0 Å². The molecule has 5 N–H and O–H groups in total. The molecule has 0 aliphatic rings. The molecule has 0 aliphatic carbocycles. The smallest absolute Gasteiger partial charge is 0.326 e. The van der Waals surface area contributed by atoms with Gasteiger partial charge in [0.15, 0.2) is 0 Å². The van der Waals surface area contributed by atoms with E-state index in [4.69, 9.17) is 10.8 Å². The lowest BCUT2D eigenvalue weighted by atomic mass is 10.2. The van der Waals surface area contributed by atoms with Gasteiger partial charge in [0, 0.05) is 14.1 Å². The molecule has 0 fully saturated rings. The van der Waals surface area contributed by atoms with Gasteiger partial charge in [-0.05, 0) is 0 Å². The van der Waals surface area contributed by atoms with Gasteiger partial charge in [0.2, 0.25) is 11.8 Å². The first-order valence-corrected chi connectivity index (χ1v) is 5.01. The van der Waals surface area contributed by atoms with E-state index >= 15 is 0 Å². The third kappa shape index (κ3) is 5.68. The molecule has 0 radical (unpaired) electrons. The molecule has 0 rings (SSSR count). The van der Waals surface area contributed by atoms with Crippen LogP contribution in [0.15, 0.2) is 0 Å². The number of nitrogens with zero attached hydrogens (tertiary/aromatic N) is 1. The van der Waals surface area contributed by atoms with Crippen molar-refractivity contribution >= 4 is 23.8 Å². The van der Waals surface area contributed by atoms with Gasteiger partial charge in [-0.15, -0.1) is 0 Å². The lowest BCUT2D eigenvalue weighted by Gasteiger charge is -2.20. The van der Waals surface area contributed by atoms with Crippen LogP contribution in [0.5, 0.6) is 0 Å². The first-order valence-electron chi connectivity index (χ1n) is 5.01. The van der Waals surface area contributed by atoms with Gasteiger partial charge in [-0.1, -0.05) is 0 Å². The van der Waals surface area contributed by atoms with Crippen molar-refractivity contribution in [2.45, 2.75) is 12.5 Å². The van der Waals surface area contributed by atoms with Crippen molar-refractivity contribution < 1.29 is 24.3 Å². The minimum atomic E-state index is -1.41. The Hall–Kier alpha value is -2.32. The third-order valence-corrected chi connectivity index (χ3v) is 2.01. The third-order valence-electron chi connectivity index (χ3n) is 2.01. The Morgan fingerprint density at radius 1 is 1.33 bits per heavy atom. The molecule has 9 nitrogen and oxygen atoms in total. The van der Waals surface area contributed by atoms with Crippen LogP contribution in [0.25, 0.3) is 0 Å². The van der Waals surface area contributed by atoms with Gasteiger partial charge in [-0.2, -0.15) is 0 Å². The van der Waals surface area contributed by atoms with Crippen LogP contribution < -0.4 is 16.4 Å². The Morgan fingerprint density at radius 2 is 1.89 bits per heavy atom. The molecule has 0 aromatic rings.